The van der Waals surface area contributed by atoms with E-state index < -0.39 is 71.4 Å². The van der Waals surface area contributed by atoms with Crippen molar-refractivity contribution in [2.45, 2.75) is 142 Å². The number of hydrogen-bond donors (Lipinski definition) is 5. The number of ether oxygens (including phenoxy) is 4. The van der Waals surface area contributed by atoms with Gasteiger partial charge < -0.3 is 44.9 Å². The Morgan fingerprint density at radius 2 is 1.84 bits per heavy atom. The van der Waals surface area contributed by atoms with Crippen molar-refractivity contribution in [2.75, 3.05) is 40.3 Å². The van der Waals surface area contributed by atoms with Gasteiger partial charge in [0.1, 0.15) is 23.7 Å². The van der Waals surface area contributed by atoms with Gasteiger partial charge in [-0.25, -0.2) is 0 Å². The van der Waals surface area contributed by atoms with E-state index in [-0.39, 0.29) is 25.0 Å². The molecule has 12 nitrogen and oxygen atoms in total. The maximum absolute atomic E-state index is 14.2. The van der Waals surface area contributed by atoms with Crippen LogP contribution in [0, 0.1) is 36.0 Å². The number of aliphatic hydroxyl groups excluding tert-OH is 2. The number of aliphatic hydroxyl groups is 3. The molecule has 50 heavy (non-hydrogen) atoms. The lowest BCUT2D eigenvalue weighted by Crippen LogP contribution is -2.59. The molecule has 3 heterocycles. The molecule has 0 bridgehead atoms. The Morgan fingerprint density at radius 1 is 1.16 bits per heavy atom. The van der Waals surface area contributed by atoms with Crippen LogP contribution in [0.3, 0.4) is 0 Å². The first-order valence-electron chi connectivity index (χ1n) is 18.4. The van der Waals surface area contributed by atoms with Crippen LogP contribution in [0.15, 0.2) is 11.3 Å². The van der Waals surface area contributed by atoms with Crippen molar-refractivity contribution in [3.05, 3.63) is 11.3 Å². The molecule has 0 aliphatic carbocycles. The summed E-state index contributed by atoms with van der Waals surface area (Å²) in [5.41, 5.74) is -1.43. The molecule has 0 radical (unpaired) electrons. The van der Waals surface area contributed by atoms with E-state index in [0.717, 1.165) is 30.8 Å². The first-order valence-corrected chi connectivity index (χ1v) is 18.4. The Bertz CT molecular complexity index is 1210. The van der Waals surface area contributed by atoms with E-state index >= 15 is 0 Å². The number of Topliss-reactive ketones (excluding diaryl/α,β-unsaturated/α-hetero) is 1. The molecule has 286 valence electrons. The molecule has 12 heteroatoms. The molecule has 5 N–H and O–H groups in total. The molecule has 0 spiro atoms. The Hall–Kier alpha value is -2.08. The summed E-state index contributed by atoms with van der Waals surface area (Å²) < 4.78 is 25.0. The SMILES string of the molecule is C#CCCN(C)[C@H]1C[C@@H](C)O[C@@H](O[C@@H]2[C@@H](C)C(=O)[C@@H](C)C(=O)O[C@H](CC)[C@@](C)(O)[C@H](O)[C@@H](C)C(NC[C@@H]3CCNC3)=C(C)C[C@@]2(C)OC)[C@@H]1O. The predicted octanol–water partition coefficient (Wildman–Crippen LogP) is 2.38. The average Bonchev–Trinajstić information content (AvgIpc) is 3.61. The Morgan fingerprint density at radius 3 is 2.42 bits per heavy atom. The monoisotopic (exact) mass is 707 g/mol. The average molecular weight is 708 g/mol. The number of rotatable bonds is 10. The summed E-state index contributed by atoms with van der Waals surface area (Å²) in [6.45, 7) is 17.0. The van der Waals surface area contributed by atoms with Crippen molar-refractivity contribution in [3.63, 3.8) is 0 Å². The smallest absolute Gasteiger partial charge is 0.316 e. The van der Waals surface area contributed by atoms with Gasteiger partial charge in [-0.2, -0.15) is 0 Å². The van der Waals surface area contributed by atoms with Crippen molar-refractivity contribution >= 4 is 11.8 Å². The second-order valence-electron chi connectivity index (χ2n) is 15.4. The molecular formula is C38H65N3O9. The number of terminal acetylenes is 1. The lowest BCUT2D eigenvalue weighted by atomic mass is 9.77. The number of carbonyl (C=O) groups excluding carboxylic acids is 2. The van der Waals surface area contributed by atoms with Crippen molar-refractivity contribution in [1.82, 2.24) is 15.5 Å². The van der Waals surface area contributed by atoms with Crippen LogP contribution in [-0.4, -0.2) is 126 Å². The molecule has 3 rings (SSSR count). The van der Waals surface area contributed by atoms with Crippen LogP contribution in [-0.2, 0) is 28.5 Å². The van der Waals surface area contributed by atoms with Crippen molar-refractivity contribution in [1.29, 1.82) is 0 Å². The molecule has 0 amide bonds. The van der Waals surface area contributed by atoms with E-state index in [2.05, 4.69) is 16.6 Å². The van der Waals surface area contributed by atoms with Gasteiger partial charge in [-0.05, 0) is 79.9 Å². The number of carbonyl (C=O) groups is 2. The number of esters is 1. The minimum atomic E-state index is -1.82. The maximum atomic E-state index is 14.2. The fourth-order valence-corrected chi connectivity index (χ4v) is 8.05. The fraction of sp³-hybridized carbons (Fsp3) is 0.842. The highest BCUT2D eigenvalue weighted by Gasteiger charge is 2.50. The van der Waals surface area contributed by atoms with Crippen LogP contribution in [0.4, 0.5) is 0 Å². The van der Waals surface area contributed by atoms with Crippen LogP contribution in [0.25, 0.3) is 0 Å². The third-order valence-corrected chi connectivity index (χ3v) is 11.4. The highest BCUT2D eigenvalue weighted by Crippen LogP contribution is 2.39. The molecule has 2 saturated heterocycles. The zero-order chi connectivity index (χ0) is 37.6. The van der Waals surface area contributed by atoms with E-state index in [4.69, 9.17) is 25.4 Å². The van der Waals surface area contributed by atoms with Gasteiger partial charge in [0.2, 0.25) is 0 Å². The second kappa shape index (κ2) is 18.1. The maximum Gasteiger partial charge on any atom is 0.316 e. The molecule has 0 unspecified atom stereocenters. The van der Waals surface area contributed by atoms with Crippen LogP contribution in [0.5, 0.6) is 0 Å². The minimum absolute atomic E-state index is 0.220. The number of nitrogens with one attached hydrogen (secondary N) is 2. The van der Waals surface area contributed by atoms with E-state index in [1.807, 2.05) is 39.6 Å². The Balaban J connectivity index is 2.14. The van der Waals surface area contributed by atoms with E-state index in [0.29, 0.717) is 31.8 Å². The fourth-order valence-electron chi connectivity index (χ4n) is 8.05. The summed E-state index contributed by atoms with van der Waals surface area (Å²) in [4.78, 5) is 29.7. The Labute approximate surface area is 300 Å². The second-order valence-corrected chi connectivity index (χ2v) is 15.4. The topological polar surface area (TPSA) is 159 Å². The molecule has 0 aromatic rings. The number of likely N-dealkylation sites (N-methyl/N-ethyl adjacent to an activating group) is 1. The lowest BCUT2D eigenvalue weighted by Gasteiger charge is -2.47. The molecule has 3 aliphatic heterocycles. The summed E-state index contributed by atoms with van der Waals surface area (Å²) >= 11 is 0. The standard InChI is InChI=1S/C38H65N3O9/c1-12-14-17-41(10)28-18-23(4)48-36(32(28)43)50-34-25(6)31(42)26(7)35(45)49-29(13-2)38(9,46)33(44)24(5)30(22(3)19-37(34,8)47-11)40-21-27-15-16-39-20-27/h1,23-29,32-34,36,39-40,43-44,46H,13-21H2,2-11H3/t23-,24+,25+,26-,27-,28+,29-,32-,33-,34-,36+,37-,38-/m1/s1. The molecule has 0 saturated carbocycles. The van der Waals surface area contributed by atoms with Gasteiger partial charge in [-0.3, -0.25) is 14.5 Å². The van der Waals surface area contributed by atoms with Gasteiger partial charge >= 0.3 is 5.97 Å². The Kier molecular flexibility index (Phi) is 15.3. The summed E-state index contributed by atoms with van der Waals surface area (Å²) in [5, 5.41) is 42.1. The first-order chi connectivity index (χ1) is 23.4. The van der Waals surface area contributed by atoms with Crippen molar-refractivity contribution < 1.29 is 43.9 Å². The third-order valence-electron chi connectivity index (χ3n) is 11.4. The van der Waals surface area contributed by atoms with Gasteiger partial charge in [0.15, 0.2) is 12.1 Å². The number of cyclic esters (lactones) is 1. The van der Waals surface area contributed by atoms with Crippen LogP contribution in [0.1, 0.15) is 87.5 Å². The van der Waals surface area contributed by atoms with Gasteiger partial charge in [-0.1, -0.05) is 26.3 Å². The van der Waals surface area contributed by atoms with E-state index in [9.17, 15) is 24.9 Å². The zero-order valence-corrected chi connectivity index (χ0v) is 32.0. The summed E-state index contributed by atoms with van der Waals surface area (Å²) in [7, 11) is 3.45. The molecule has 3 aliphatic rings. The van der Waals surface area contributed by atoms with Gasteiger partial charge in [0.05, 0.1) is 23.9 Å². The number of nitrogens with zero attached hydrogens (tertiary/aromatic N) is 1. The van der Waals surface area contributed by atoms with E-state index in [1.54, 1.807) is 21.0 Å². The highest BCUT2D eigenvalue weighted by molar-refractivity contribution is 6.00. The molecule has 13 atom stereocenters. The van der Waals surface area contributed by atoms with Crippen molar-refractivity contribution in [3.8, 4) is 12.3 Å². The number of ketones is 1. The number of methoxy groups -OCH3 is 1. The van der Waals surface area contributed by atoms with Crippen LogP contribution in [0.2, 0.25) is 0 Å². The molecule has 0 aromatic carbocycles. The predicted molar refractivity (Wildman–Crippen MR) is 191 cm³/mol. The van der Waals surface area contributed by atoms with E-state index in [1.165, 1.54) is 13.8 Å². The quantitative estimate of drug-likeness (QED) is 0.129. The summed E-state index contributed by atoms with van der Waals surface area (Å²) in [6.07, 6.45) is 2.25. The number of hydrogen-bond acceptors (Lipinski definition) is 12. The third kappa shape index (κ3) is 9.66. The van der Waals surface area contributed by atoms with Gasteiger partial charge in [0.25, 0.3) is 0 Å². The highest BCUT2D eigenvalue weighted by atomic mass is 16.7. The van der Waals surface area contributed by atoms with Crippen molar-refractivity contribution in [2.24, 2.45) is 23.7 Å². The molecule has 2 fully saturated rings. The van der Waals surface area contributed by atoms with Gasteiger partial charge in [-0.15, -0.1) is 12.3 Å². The van der Waals surface area contributed by atoms with Crippen LogP contribution >= 0.6 is 0 Å². The summed E-state index contributed by atoms with van der Waals surface area (Å²) in [6, 6.07) is -0.312. The van der Waals surface area contributed by atoms with Gasteiger partial charge in [0, 0.05) is 56.6 Å². The molecule has 0 aromatic heterocycles. The zero-order valence-electron chi connectivity index (χ0n) is 32.0. The van der Waals surface area contributed by atoms with Crippen LogP contribution < -0.4 is 10.6 Å². The normalized spacial score (nSPS) is 41.1. The summed E-state index contributed by atoms with van der Waals surface area (Å²) in [5.74, 6) is -0.953. The largest absolute Gasteiger partial charge is 0.459 e. The minimum Gasteiger partial charge on any atom is -0.459 e. The molecular weight excluding hydrogens is 642 g/mol. The lowest BCUT2D eigenvalue weighted by molar-refractivity contribution is -0.294. The first kappa shape index (κ1) is 42.3.